The number of rotatable bonds is 9. The van der Waals surface area contributed by atoms with E-state index in [4.69, 9.17) is 4.98 Å². The predicted molar refractivity (Wildman–Crippen MR) is 93.0 cm³/mol. The molecule has 0 atom stereocenters. The highest BCUT2D eigenvalue weighted by molar-refractivity contribution is 5.44. The fraction of sp³-hybridized carbons (Fsp3) is 0.722. The van der Waals surface area contributed by atoms with Gasteiger partial charge in [-0.15, -0.1) is 0 Å². The molecule has 0 radical (unpaired) electrons. The average molecular weight is 291 g/mol. The Labute approximate surface area is 131 Å². The summed E-state index contributed by atoms with van der Waals surface area (Å²) in [5, 5.41) is 3.49. The van der Waals surface area contributed by atoms with E-state index in [1.807, 2.05) is 0 Å². The van der Waals surface area contributed by atoms with E-state index in [0.29, 0.717) is 0 Å². The number of nitrogens with zero attached hydrogens (tertiary/aromatic N) is 2. The van der Waals surface area contributed by atoms with Crippen molar-refractivity contribution < 1.29 is 0 Å². The second kappa shape index (κ2) is 8.38. The molecule has 1 heterocycles. The summed E-state index contributed by atoms with van der Waals surface area (Å²) in [6.07, 6.45) is 4.46. The van der Waals surface area contributed by atoms with E-state index in [0.717, 1.165) is 38.2 Å². The summed E-state index contributed by atoms with van der Waals surface area (Å²) < 4.78 is 0. The van der Waals surface area contributed by atoms with Crippen molar-refractivity contribution >= 4 is 5.82 Å². The van der Waals surface area contributed by atoms with Crippen molar-refractivity contribution in [1.29, 1.82) is 0 Å². The van der Waals surface area contributed by atoms with Crippen LogP contribution in [0, 0.1) is 0 Å². The van der Waals surface area contributed by atoms with Gasteiger partial charge in [0.15, 0.2) is 0 Å². The van der Waals surface area contributed by atoms with Gasteiger partial charge in [-0.3, -0.25) is 0 Å². The van der Waals surface area contributed by atoms with Crippen molar-refractivity contribution in [2.45, 2.75) is 72.4 Å². The quantitative estimate of drug-likeness (QED) is 0.693. The van der Waals surface area contributed by atoms with E-state index < -0.39 is 0 Å². The molecule has 0 fully saturated rings. The molecular formula is C18H33N3. The monoisotopic (exact) mass is 291 g/mol. The van der Waals surface area contributed by atoms with Crippen LogP contribution in [0.15, 0.2) is 12.1 Å². The summed E-state index contributed by atoms with van der Waals surface area (Å²) in [4.78, 5) is 7.18. The van der Waals surface area contributed by atoms with Gasteiger partial charge in [-0.2, -0.15) is 0 Å². The van der Waals surface area contributed by atoms with Gasteiger partial charge in [-0.05, 0) is 57.4 Å². The topological polar surface area (TPSA) is 28.2 Å². The van der Waals surface area contributed by atoms with Gasteiger partial charge < -0.3 is 10.2 Å². The highest BCUT2D eigenvalue weighted by Crippen LogP contribution is 2.24. The van der Waals surface area contributed by atoms with E-state index in [2.05, 4.69) is 64.0 Å². The molecule has 0 aliphatic carbocycles. The SMILES string of the molecule is CCCNCc1cc(CCC)nc(N(C)C(C)(C)CC)c1. The van der Waals surface area contributed by atoms with Gasteiger partial charge in [0.25, 0.3) is 0 Å². The van der Waals surface area contributed by atoms with Crippen LogP contribution in [0.4, 0.5) is 5.82 Å². The summed E-state index contributed by atoms with van der Waals surface area (Å²) in [6, 6.07) is 4.49. The Kier molecular flexibility index (Phi) is 7.16. The highest BCUT2D eigenvalue weighted by Gasteiger charge is 2.22. The predicted octanol–water partition coefficient (Wildman–Crippen LogP) is 4.16. The van der Waals surface area contributed by atoms with Crippen molar-refractivity contribution in [3.8, 4) is 0 Å². The number of hydrogen-bond acceptors (Lipinski definition) is 3. The molecule has 0 bridgehead atoms. The molecule has 0 spiro atoms. The third-order valence-electron chi connectivity index (χ3n) is 4.30. The van der Waals surface area contributed by atoms with Gasteiger partial charge in [0, 0.05) is 24.8 Å². The molecule has 1 rings (SSSR count). The minimum Gasteiger partial charge on any atom is -0.355 e. The lowest BCUT2D eigenvalue weighted by Gasteiger charge is -2.36. The van der Waals surface area contributed by atoms with Gasteiger partial charge in [0.2, 0.25) is 0 Å². The van der Waals surface area contributed by atoms with Gasteiger partial charge >= 0.3 is 0 Å². The molecule has 1 aromatic heterocycles. The molecule has 120 valence electrons. The smallest absolute Gasteiger partial charge is 0.129 e. The Morgan fingerprint density at radius 3 is 2.43 bits per heavy atom. The molecule has 0 saturated carbocycles. The second-order valence-electron chi connectivity index (χ2n) is 6.48. The zero-order chi connectivity index (χ0) is 15.9. The maximum atomic E-state index is 4.86. The van der Waals surface area contributed by atoms with Crippen LogP contribution in [0.3, 0.4) is 0 Å². The lowest BCUT2D eigenvalue weighted by Crippen LogP contribution is -2.41. The molecule has 1 aromatic rings. The van der Waals surface area contributed by atoms with Crippen LogP contribution in [-0.2, 0) is 13.0 Å². The Bertz CT molecular complexity index is 426. The van der Waals surface area contributed by atoms with Crippen LogP contribution in [0.25, 0.3) is 0 Å². The van der Waals surface area contributed by atoms with E-state index in [-0.39, 0.29) is 5.54 Å². The lowest BCUT2D eigenvalue weighted by atomic mass is 9.99. The van der Waals surface area contributed by atoms with Gasteiger partial charge in [-0.1, -0.05) is 27.2 Å². The van der Waals surface area contributed by atoms with Crippen LogP contribution in [0.2, 0.25) is 0 Å². The number of anilines is 1. The van der Waals surface area contributed by atoms with Crippen LogP contribution in [0.1, 0.15) is 65.1 Å². The fourth-order valence-electron chi connectivity index (χ4n) is 2.25. The molecule has 0 aromatic carbocycles. The molecule has 21 heavy (non-hydrogen) atoms. The number of hydrogen-bond donors (Lipinski definition) is 1. The third kappa shape index (κ3) is 5.31. The first kappa shape index (κ1) is 18.0. The van der Waals surface area contributed by atoms with Crippen molar-refractivity contribution in [2.75, 3.05) is 18.5 Å². The van der Waals surface area contributed by atoms with Crippen molar-refractivity contribution in [1.82, 2.24) is 10.3 Å². The maximum Gasteiger partial charge on any atom is 0.129 e. The zero-order valence-electron chi connectivity index (χ0n) is 14.8. The van der Waals surface area contributed by atoms with Crippen LogP contribution in [-0.4, -0.2) is 24.1 Å². The third-order valence-corrected chi connectivity index (χ3v) is 4.30. The van der Waals surface area contributed by atoms with Gasteiger partial charge in [0.05, 0.1) is 0 Å². The molecule has 0 saturated heterocycles. The van der Waals surface area contributed by atoms with Crippen LogP contribution in [0.5, 0.6) is 0 Å². The zero-order valence-corrected chi connectivity index (χ0v) is 14.8. The van der Waals surface area contributed by atoms with Gasteiger partial charge in [0.1, 0.15) is 5.82 Å². The largest absolute Gasteiger partial charge is 0.355 e. The van der Waals surface area contributed by atoms with Crippen LogP contribution < -0.4 is 10.2 Å². The first-order valence-electron chi connectivity index (χ1n) is 8.39. The van der Waals surface area contributed by atoms with Crippen molar-refractivity contribution in [2.24, 2.45) is 0 Å². The lowest BCUT2D eigenvalue weighted by molar-refractivity contribution is 0.466. The Hall–Kier alpha value is -1.09. The molecule has 0 aliphatic heterocycles. The second-order valence-corrected chi connectivity index (χ2v) is 6.48. The molecule has 3 nitrogen and oxygen atoms in total. The Balaban J connectivity index is 3.01. The first-order valence-corrected chi connectivity index (χ1v) is 8.39. The molecule has 1 N–H and O–H groups in total. The van der Waals surface area contributed by atoms with E-state index in [1.165, 1.54) is 17.7 Å². The normalized spacial score (nSPS) is 11.7. The minimum absolute atomic E-state index is 0.131. The summed E-state index contributed by atoms with van der Waals surface area (Å²) in [5.74, 6) is 1.10. The van der Waals surface area contributed by atoms with Crippen molar-refractivity contribution in [3.63, 3.8) is 0 Å². The molecular weight excluding hydrogens is 258 g/mol. The fourth-order valence-corrected chi connectivity index (χ4v) is 2.25. The number of aromatic nitrogens is 1. The summed E-state index contributed by atoms with van der Waals surface area (Å²) >= 11 is 0. The number of pyridine rings is 1. The molecule has 0 amide bonds. The molecule has 3 heteroatoms. The standard InChI is InChI=1S/C18H33N3/c1-7-10-16-12-15(14-19-11-8-2)13-17(20-16)21(6)18(4,5)9-3/h12-13,19H,7-11,14H2,1-6H3. The van der Waals surface area contributed by atoms with Crippen LogP contribution >= 0.6 is 0 Å². The van der Waals surface area contributed by atoms with E-state index in [1.54, 1.807) is 0 Å². The Morgan fingerprint density at radius 1 is 1.14 bits per heavy atom. The molecule has 0 aliphatic rings. The van der Waals surface area contributed by atoms with E-state index >= 15 is 0 Å². The first-order chi connectivity index (χ1) is 9.94. The summed E-state index contributed by atoms with van der Waals surface area (Å²) in [6.45, 7) is 13.2. The minimum atomic E-state index is 0.131. The Morgan fingerprint density at radius 2 is 1.86 bits per heavy atom. The summed E-state index contributed by atoms with van der Waals surface area (Å²) in [7, 11) is 2.16. The van der Waals surface area contributed by atoms with E-state index in [9.17, 15) is 0 Å². The van der Waals surface area contributed by atoms with Gasteiger partial charge in [-0.25, -0.2) is 4.98 Å². The average Bonchev–Trinajstić information content (AvgIpc) is 2.47. The molecule has 0 unspecified atom stereocenters. The summed E-state index contributed by atoms with van der Waals surface area (Å²) in [5.41, 5.74) is 2.68. The number of aryl methyl sites for hydroxylation is 1. The van der Waals surface area contributed by atoms with Crippen molar-refractivity contribution in [3.05, 3.63) is 23.4 Å². The highest BCUT2D eigenvalue weighted by atomic mass is 15.2. The number of nitrogens with one attached hydrogen (secondary N) is 1. The maximum absolute atomic E-state index is 4.86.